The first-order chi connectivity index (χ1) is 9.77. The van der Waals surface area contributed by atoms with Crippen molar-refractivity contribution in [2.75, 3.05) is 5.73 Å². The van der Waals surface area contributed by atoms with E-state index < -0.39 is 0 Å². The van der Waals surface area contributed by atoms with E-state index in [1.54, 1.807) is 0 Å². The number of hydrogen-bond donors (Lipinski definition) is 1. The van der Waals surface area contributed by atoms with Gasteiger partial charge >= 0.3 is 0 Å². The fraction of sp³-hybridized carbons (Fsp3) is 0.471. The molecule has 2 aliphatic rings. The van der Waals surface area contributed by atoms with Gasteiger partial charge in [0.1, 0.15) is 0 Å². The van der Waals surface area contributed by atoms with Gasteiger partial charge < -0.3 is 5.73 Å². The van der Waals surface area contributed by atoms with Gasteiger partial charge in [-0.2, -0.15) is 0 Å². The maximum atomic E-state index is 6.32. The van der Waals surface area contributed by atoms with Gasteiger partial charge in [-0.1, -0.05) is 18.9 Å². The van der Waals surface area contributed by atoms with Crippen LogP contribution in [0.15, 0.2) is 24.4 Å². The number of pyridine rings is 1. The third kappa shape index (κ3) is 1.87. The van der Waals surface area contributed by atoms with Gasteiger partial charge in [-0.05, 0) is 55.2 Å². The van der Waals surface area contributed by atoms with Crippen LogP contribution in [0.5, 0.6) is 0 Å². The summed E-state index contributed by atoms with van der Waals surface area (Å²) in [5, 5.41) is 0.962. The van der Waals surface area contributed by atoms with Crippen molar-refractivity contribution in [2.24, 2.45) is 5.41 Å². The lowest BCUT2D eigenvalue weighted by molar-refractivity contribution is 0.258. The van der Waals surface area contributed by atoms with Crippen molar-refractivity contribution in [1.29, 1.82) is 0 Å². The molecule has 2 N–H and O–H groups in total. The Balaban J connectivity index is 1.76. The summed E-state index contributed by atoms with van der Waals surface area (Å²) in [6.07, 6.45) is 11.3. The Kier molecular flexibility index (Phi) is 2.84. The molecular formula is C17H20N2S. The quantitative estimate of drug-likeness (QED) is 0.840. The van der Waals surface area contributed by atoms with Gasteiger partial charge in [0.15, 0.2) is 0 Å². The first-order valence-electron chi connectivity index (χ1n) is 7.59. The monoisotopic (exact) mass is 284 g/mol. The Bertz CT molecular complexity index is 624. The van der Waals surface area contributed by atoms with E-state index in [1.807, 2.05) is 29.7 Å². The molecular weight excluding hydrogens is 264 g/mol. The number of aromatic nitrogens is 1. The first kappa shape index (κ1) is 12.4. The molecule has 2 aromatic heterocycles. The summed E-state index contributed by atoms with van der Waals surface area (Å²) in [6, 6.07) is 6.10. The number of anilines is 1. The molecule has 104 valence electrons. The first-order valence-corrected chi connectivity index (χ1v) is 8.41. The lowest BCUT2D eigenvalue weighted by Crippen LogP contribution is -2.24. The molecule has 1 spiro atoms. The van der Waals surface area contributed by atoms with Crippen molar-refractivity contribution in [3.8, 4) is 11.3 Å². The molecule has 0 saturated heterocycles. The summed E-state index contributed by atoms with van der Waals surface area (Å²) >= 11 is 1.81. The SMILES string of the molecule is Nc1sc2c(c1-c1ccccn1)CCC1(CCCC1)C2. The second kappa shape index (κ2) is 4.59. The normalized spacial score (nSPS) is 20.2. The molecule has 0 atom stereocenters. The van der Waals surface area contributed by atoms with Crippen molar-refractivity contribution < 1.29 is 0 Å². The van der Waals surface area contributed by atoms with Crippen LogP contribution in [0, 0.1) is 5.41 Å². The van der Waals surface area contributed by atoms with E-state index in [1.165, 1.54) is 60.9 Å². The molecule has 2 aromatic rings. The molecule has 0 radical (unpaired) electrons. The minimum atomic E-state index is 0.603. The molecule has 0 bridgehead atoms. The maximum Gasteiger partial charge on any atom is 0.0957 e. The molecule has 0 amide bonds. The van der Waals surface area contributed by atoms with E-state index in [-0.39, 0.29) is 0 Å². The molecule has 0 aromatic carbocycles. The van der Waals surface area contributed by atoms with Gasteiger partial charge in [0.05, 0.1) is 10.7 Å². The average Bonchev–Trinajstić information content (AvgIpc) is 3.04. The minimum absolute atomic E-state index is 0.603. The van der Waals surface area contributed by atoms with Gasteiger partial charge in [0.25, 0.3) is 0 Å². The van der Waals surface area contributed by atoms with Crippen LogP contribution in [0.25, 0.3) is 11.3 Å². The lowest BCUT2D eigenvalue weighted by atomic mass is 9.72. The summed E-state index contributed by atoms with van der Waals surface area (Å²) < 4.78 is 0. The zero-order valence-corrected chi connectivity index (χ0v) is 12.5. The van der Waals surface area contributed by atoms with Gasteiger partial charge in [-0.25, -0.2) is 0 Å². The Hall–Kier alpha value is -1.35. The van der Waals surface area contributed by atoms with Crippen LogP contribution < -0.4 is 5.73 Å². The summed E-state index contributed by atoms with van der Waals surface area (Å²) in [5.74, 6) is 0. The van der Waals surface area contributed by atoms with Crippen LogP contribution in [0.2, 0.25) is 0 Å². The second-order valence-corrected chi connectivity index (χ2v) is 7.48. The predicted octanol–water partition coefficient (Wildman–Crippen LogP) is 4.44. The molecule has 1 saturated carbocycles. The van der Waals surface area contributed by atoms with E-state index >= 15 is 0 Å². The van der Waals surface area contributed by atoms with Gasteiger partial charge in [-0.3, -0.25) is 4.98 Å². The molecule has 4 rings (SSSR count). The van der Waals surface area contributed by atoms with Crippen molar-refractivity contribution in [1.82, 2.24) is 4.98 Å². The standard InChI is InChI=1S/C17H20N2S/c18-16-15(13-5-1-4-10-19-13)12-6-9-17(7-2-3-8-17)11-14(12)20-16/h1,4-5,10H,2-3,6-9,11,18H2. The number of fused-ring (bicyclic) bond motifs is 1. The molecule has 2 nitrogen and oxygen atoms in total. The summed E-state index contributed by atoms with van der Waals surface area (Å²) in [4.78, 5) is 6.04. The largest absolute Gasteiger partial charge is 0.390 e. The molecule has 0 aliphatic heterocycles. The highest BCUT2D eigenvalue weighted by Gasteiger charge is 2.39. The van der Waals surface area contributed by atoms with Crippen LogP contribution in [0.1, 0.15) is 42.5 Å². The highest BCUT2D eigenvalue weighted by molar-refractivity contribution is 7.16. The van der Waals surface area contributed by atoms with E-state index in [9.17, 15) is 0 Å². The van der Waals surface area contributed by atoms with Crippen molar-refractivity contribution in [3.05, 3.63) is 34.8 Å². The van der Waals surface area contributed by atoms with Gasteiger partial charge in [0.2, 0.25) is 0 Å². The molecule has 2 heterocycles. The lowest BCUT2D eigenvalue weighted by Gasteiger charge is -2.33. The third-order valence-corrected chi connectivity index (χ3v) is 6.21. The van der Waals surface area contributed by atoms with Crippen LogP contribution in [0.4, 0.5) is 5.00 Å². The molecule has 20 heavy (non-hydrogen) atoms. The van der Waals surface area contributed by atoms with Crippen LogP contribution in [-0.4, -0.2) is 4.98 Å². The number of nitrogens with two attached hydrogens (primary N) is 1. The van der Waals surface area contributed by atoms with Crippen LogP contribution in [0.3, 0.4) is 0 Å². The van der Waals surface area contributed by atoms with E-state index in [0.717, 1.165) is 10.7 Å². The van der Waals surface area contributed by atoms with Crippen molar-refractivity contribution in [2.45, 2.75) is 44.9 Å². The topological polar surface area (TPSA) is 38.9 Å². The van der Waals surface area contributed by atoms with Gasteiger partial charge in [0, 0.05) is 16.6 Å². The summed E-state index contributed by atoms with van der Waals surface area (Å²) in [6.45, 7) is 0. The second-order valence-electron chi connectivity index (χ2n) is 6.34. The Labute approximate surface area is 124 Å². The number of thiophene rings is 1. The predicted molar refractivity (Wildman–Crippen MR) is 84.9 cm³/mol. The fourth-order valence-corrected chi connectivity index (χ4v) is 5.40. The van der Waals surface area contributed by atoms with E-state index in [4.69, 9.17) is 5.73 Å². The number of nitrogen functional groups attached to an aromatic ring is 1. The molecule has 1 fully saturated rings. The summed E-state index contributed by atoms with van der Waals surface area (Å²) in [5.41, 5.74) is 10.7. The van der Waals surface area contributed by atoms with Crippen LogP contribution >= 0.6 is 11.3 Å². The fourth-order valence-electron chi connectivity index (χ4n) is 4.10. The third-order valence-electron chi connectivity index (χ3n) is 5.14. The molecule has 0 unspecified atom stereocenters. The summed E-state index contributed by atoms with van der Waals surface area (Å²) in [7, 11) is 0. The smallest absolute Gasteiger partial charge is 0.0957 e. The highest BCUT2D eigenvalue weighted by atomic mass is 32.1. The molecule has 2 aliphatic carbocycles. The Morgan fingerprint density at radius 1 is 1.15 bits per heavy atom. The maximum absolute atomic E-state index is 6.32. The zero-order valence-electron chi connectivity index (χ0n) is 11.7. The number of hydrogen-bond acceptors (Lipinski definition) is 3. The Morgan fingerprint density at radius 2 is 2.00 bits per heavy atom. The van der Waals surface area contributed by atoms with E-state index in [2.05, 4.69) is 11.1 Å². The van der Waals surface area contributed by atoms with Gasteiger partial charge in [-0.15, -0.1) is 11.3 Å². The zero-order chi connectivity index (χ0) is 13.6. The van der Waals surface area contributed by atoms with Crippen molar-refractivity contribution >= 4 is 16.3 Å². The molecule has 3 heteroatoms. The number of nitrogens with zero attached hydrogens (tertiary/aromatic N) is 1. The van der Waals surface area contributed by atoms with Crippen LogP contribution in [-0.2, 0) is 12.8 Å². The van der Waals surface area contributed by atoms with E-state index in [0.29, 0.717) is 5.41 Å². The Morgan fingerprint density at radius 3 is 2.75 bits per heavy atom. The average molecular weight is 284 g/mol. The number of rotatable bonds is 1. The van der Waals surface area contributed by atoms with Crippen molar-refractivity contribution in [3.63, 3.8) is 0 Å². The highest BCUT2D eigenvalue weighted by Crippen LogP contribution is 2.52. The minimum Gasteiger partial charge on any atom is -0.390 e.